The van der Waals surface area contributed by atoms with Gasteiger partial charge in [0.25, 0.3) is 0 Å². The highest BCUT2D eigenvalue weighted by Crippen LogP contribution is 2.61. The van der Waals surface area contributed by atoms with Crippen molar-refractivity contribution in [2.24, 2.45) is 22.7 Å². The smallest absolute Gasteiger partial charge is 0.136 e. The average molecular weight is 262 g/mol. The highest BCUT2D eigenvalue weighted by Gasteiger charge is 2.55. The number of aliphatic hydroxyl groups is 1. The summed E-state index contributed by atoms with van der Waals surface area (Å²) in [5.41, 5.74) is 1.77. The van der Waals surface area contributed by atoms with Gasteiger partial charge in [-0.05, 0) is 48.3 Å². The summed E-state index contributed by atoms with van der Waals surface area (Å²) in [7, 11) is 0. The van der Waals surface area contributed by atoms with Gasteiger partial charge < -0.3 is 5.11 Å². The lowest BCUT2D eigenvalue weighted by Gasteiger charge is -2.59. The number of aliphatic hydroxyl groups excluding tert-OH is 1. The number of carbonyl (C=O) groups is 1. The van der Waals surface area contributed by atoms with Crippen LogP contribution in [0.2, 0.25) is 0 Å². The van der Waals surface area contributed by atoms with E-state index in [-0.39, 0.29) is 16.9 Å². The molecule has 4 unspecified atom stereocenters. The number of hydrogen-bond donors (Lipinski definition) is 1. The van der Waals surface area contributed by atoms with Crippen molar-refractivity contribution in [3.05, 3.63) is 11.6 Å². The van der Waals surface area contributed by atoms with Crippen LogP contribution in [0.25, 0.3) is 0 Å². The van der Waals surface area contributed by atoms with Gasteiger partial charge in [-0.3, -0.25) is 4.79 Å². The Morgan fingerprint density at radius 3 is 2.74 bits per heavy atom. The quantitative estimate of drug-likeness (QED) is 0.679. The van der Waals surface area contributed by atoms with Crippen LogP contribution in [0.4, 0.5) is 0 Å². The van der Waals surface area contributed by atoms with E-state index >= 15 is 0 Å². The molecule has 4 atom stereocenters. The van der Waals surface area contributed by atoms with Gasteiger partial charge in [-0.15, -0.1) is 0 Å². The minimum atomic E-state index is -0.173. The van der Waals surface area contributed by atoms with Crippen LogP contribution in [0, 0.1) is 22.7 Å². The zero-order valence-electron chi connectivity index (χ0n) is 12.4. The normalized spacial score (nSPS) is 45.2. The van der Waals surface area contributed by atoms with Gasteiger partial charge >= 0.3 is 0 Å². The highest BCUT2D eigenvalue weighted by atomic mass is 16.3. The zero-order valence-corrected chi connectivity index (χ0v) is 12.4. The molecule has 3 rings (SSSR count). The van der Waals surface area contributed by atoms with E-state index < -0.39 is 0 Å². The first-order valence-electron chi connectivity index (χ1n) is 7.71. The molecular weight excluding hydrogens is 236 g/mol. The van der Waals surface area contributed by atoms with Crippen LogP contribution in [0.1, 0.15) is 59.3 Å². The monoisotopic (exact) mass is 262 g/mol. The van der Waals surface area contributed by atoms with Crippen molar-refractivity contribution in [1.82, 2.24) is 0 Å². The number of fused-ring (bicyclic) bond motifs is 3. The lowest BCUT2D eigenvalue weighted by Crippen LogP contribution is -2.53. The average Bonchev–Trinajstić information content (AvgIpc) is 2.25. The Hall–Kier alpha value is -0.630. The summed E-state index contributed by atoms with van der Waals surface area (Å²) in [5, 5.41) is 10.3. The Balaban J connectivity index is 1.99. The Labute approximate surface area is 116 Å². The molecule has 19 heavy (non-hydrogen) atoms. The number of hydrogen-bond acceptors (Lipinski definition) is 2. The third-order valence-electron chi connectivity index (χ3n) is 6.15. The summed E-state index contributed by atoms with van der Waals surface area (Å²) in [6.07, 6.45) is 7.51. The Morgan fingerprint density at radius 1 is 1.26 bits per heavy atom. The zero-order chi connectivity index (χ0) is 13.8. The molecule has 1 N–H and O–H groups in total. The molecular formula is C17H26O2. The molecule has 2 saturated carbocycles. The predicted octanol–water partition coefficient (Wildman–Crippen LogP) is 3.49. The SMILES string of the molecule is CC1(C)CC(O)CC2(C)C3CCC(=O)CC3=CCC12. The lowest BCUT2D eigenvalue weighted by molar-refractivity contribution is -0.124. The molecule has 2 nitrogen and oxygen atoms in total. The molecule has 0 aliphatic heterocycles. The third kappa shape index (κ3) is 1.99. The van der Waals surface area contributed by atoms with Crippen molar-refractivity contribution >= 4 is 5.78 Å². The third-order valence-corrected chi connectivity index (χ3v) is 6.15. The molecule has 0 spiro atoms. The van der Waals surface area contributed by atoms with Gasteiger partial charge in [-0.1, -0.05) is 32.4 Å². The van der Waals surface area contributed by atoms with Crippen molar-refractivity contribution in [2.45, 2.75) is 65.4 Å². The standard InChI is InChI=1S/C17H26O2/c1-16(2)9-13(19)10-17(3)14-6-5-12(18)8-11(14)4-7-15(16)17/h4,13-15,19H,5-10H2,1-3H3. The fourth-order valence-corrected chi connectivity index (χ4v) is 5.50. The van der Waals surface area contributed by atoms with Crippen LogP contribution < -0.4 is 0 Å². The molecule has 0 radical (unpaired) electrons. The van der Waals surface area contributed by atoms with Crippen molar-refractivity contribution < 1.29 is 9.90 Å². The molecule has 0 amide bonds. The first-order chi connectivity index (χ1) is 8.83. The van der Waals surface area contributed by atoms with Crippen molar-refractivity contribution in [3.8, 4) is 0 Å². The number of allylic oxidation sites excluding steroid dienone is 2. The molecule has 106 valence electrons. The van der Waals surface area contributed by atoms with Crippen LogP contribution in [0.3, 0.4) is 0 Å². The van der Waals surface area contributed by atoms with Crippen LogP contribution >= 0.6 is 0 Å². The van der Waals surface area contributed by atoms with E-state index in [1.807, 2.05) is 0 Å². The first kappa shape index (κ1) is 13.4. The van der Waals surface area contributed by atoms with E-state index in [9.17, 15) is 9.90 Å². The van der Waals surface area contributed by atoms with E-state index in [0.29, 0.717) is 24.0 Å². The van der Waals surface area contributed by atoms with E-state index in [2.05, 4.69) is 26.8 Å². The number of rotatable bonds is 0. The van der Waals surface area contributed by atoms with Crippen LogP contribution in [-0.4, -0.2) is 17.0 Å². The number of carbonyl (C=O) groups excluding carboxylic acids is 1. The van der Waals surface area contributed by atoms with E-state index in [4.69, 9.17) is 0 Å². The van der Waals surface area contributed by atoms with Gasteiger partial charge in [0, 0.05) is 12.8 Å². The molecule has 3 aliphatic rings. The van der Waals surface area contributed by atoms with Gasteiger partial charge in [-0.2, -0.15) is 0 Å². The molecule has 0 aromatic carbocycles. The first-order valence-corrected chi connectivity index (χ1v) is 7.71. The summed E-state index contributed by atoms with van der Waals surface area (Å²) in [4.78, 5) is 11.7. The maximum absolute atomic E-state index is 11.7. The summed E-state index contributed by atoms with van der Waals surface area (Å²) < 4.78 is 0. The fraction of sp³-hybridized carbons (Fsp3) is 0.824. The minimum absolute atomic E-state index is 0.173. The second-order valence-electron chi connectivity index (χ2n) is 7.93. The summed E-state index contributed by atoms with van der Waals surface area (Å²) in [5.74, 6) is 1.57. The number of ketones is 1. The maximum atomic E-state index is 11.7. The molecule has 3 aliphatic carbocycles. The Morgan fingerprint density at radius 2 is 2.00 bits per heavy atom. The number of Topliss-reactive ketones (excluding diaryl/α,β-unsaturated/α-hetero) is 1. The van der Waals surface area contributed by atoms with E-state index in [1.165, 1.54) is 5.57 Å². The van der Waals surface area contributed by atoms with Crippen LogP contribution in [0.5, 0.6) is 0 Å². The molecule has 0 aromatic rings. The Bertz CT molecular complexity index is 435. The maximum Gasteiger partial charge on any atom is 0.136 e. The second-order valence-corrected chi connectivity index (χ2v) is 7.93. The molecule has 0 saturated heterocycles. The van der Waals surface area contributed by atoms with Crippen molar-refractivity contribution in [2.75, 3.05) is 0 Å². The van der Waals surface area contributed by atoms with Gasteiger partial charge in [0.1, 0.15) is 5.78 Å². The van der Waals surface area contributed by atoms with Crippen molar-refractivity contribution in [1.29, 1.82) is 0 Å². The van der Waals surface area contributed by atoms with Gasteiger partial charge in [0.2, 0.25) is 0 Å². The largest absolute Gasteiger partial charge is 0.393 e. The van der Waals surface area contributed by atoms with E-state index in [0.717, 1.165) is 32.1 Å². The second kappa shape index (κ2) is 4.18. The van der Waals surface area contributed by atoms with Gasteiger partial charge in [0.05, 0.1) is 6.10 Å². The van der Waals surface area contributed by atoms with Crippen LogP contribution in [0.15, 0.2) is 11.6 Å². The van der Waals surface area contributed by atoms with Gasteiger partial charge in [0.15, 0.2) is 0 Å². The summed E-state index contributed by atoms with van der Waals surface area (Å²) in [6.45, 7) is 6.99. The topological polar surface area (TPSA) is 37.3 Å². The fourth-order valence-electron chi connectivity index (χ4n) is 5.50. The Kier molecular flexibility index (Phi) is 2.94. The highest BCUT2D eigenvalue weighted by molar-refractivity contribution is 5.82. The molecule has 2 fully saturated rings. The van der Waals surface area contributed by atoms with Crippen LogP contribution in [-0.2, 0) is 4.79 Å². The summed E-state index contributed by atoms with van der Waals surface area (Å²) in [6, 6.07) is 0. The molecule has 0 bridgehead atoms. The predicted molar refractivity (Wildman–Crippen MR) is 75.7 cm³/mol. The van der Waals surface area contributed by atoms with E-state index in [1.54, 1.807) is 0 Å². The van der Waals surface area contributed by atoms with Gasteiger partial charge in [-0.25, -0.2) is 0 Å². The minimum Gasteiger partial charge on any atom is -0.393 e. The lowest BCUT2D eigenvalue weighted by atomic mass is 9.46. The summed E-state index contributed by atoms with van der Waals surface area (Å²) >= 11 is 0. The molecule has 0 aromatic heterocycles. The molecule has 0 heterocycles. The molecule has 2 heteroatoms. The van der Waals surface area contributed by atoms with Crippen molar-refractivity contribution in [3.63, 3.8) is 0 Å².